The molecule has 9 heteroatoms. The lowest BCUT2D eigenvalue weighted by atomic mass is 9.47. The largest absolute Gasteiger partial charge is 0.465 e. The quantitative estimate of drug-likeness (QED) is 0.132. The number of aryl methyl sites for hydroxylation is 2. The van der Waals surface area contributed by atoms with Crippen LogP contribution in [0.4, 0.5) is 0 Å². The van der Waals surface area contributed by atoms with E-state index in [2.05, 4.69) is 15.7 Å². The van der Waals surface area contributed by atoms with Crippen LogP contribution < -0.4 is 10.3 Å². The molecule has 194 valence electrons. The van der Waals surface area contributed by atoms with Crippen LogP contribution in [0.2, 0.25) is 5.82 Å². The summed E-state index contributed by atoms with van der Waals surface area (Å²) in [5.41, 5.74) is 2.03. The number of hydrogen-bond acceptors (Lipinski definition) is 6. The summed E-state index contributed by atoms with van der Waals surface area (Å²) in [7, 11) is 3.14. The summed E-state index contributed by atoms with van der Waals surface area (Å²) in [5.74, 6) is -1.56. The maximum absolute atomic E-state index is 13.3. The first-order valence-electron chi connectivity index (χ1n) is 12.8. The number of imidazole rings is 1. The van der Waals surface area contributed by atoms with Crippen LogP contribution in [-0.4, -0.2) is 49.6 Å². The molecule has 0 aliphatic heterocycles. The SMILES string of the molecule is C=C1CC(C(=O)OCC)(C(=O)OCC)C[C@H]([BH2-]c2n(C)cc[n+]2C)[C@H]1c1ccc(C(=O)OCC)cc1. The Morgan fingerprint density at radius 3 is 2.14 bits per heavy atom. The molecule has 3 rings (SSSR count). The third-order valence-electron chi connectivity index (χ3n) is 7.49. The van der Waals surface area contributed by atoms with Gasteiger partial charge in [-0.1, -0.05) is 30.7 Å². The Kier molecular flexibility index (Phi) is 8.77. The van der Waals surface area contributed by atoms with Gasteiger partial charge in [-0.15, -0.1) is 5.82 Å². The van der Waals surface area contributed by atoms with Gasteiger partial charge in [0.1, 0.15) is 12.4 Å². The van der Waals surface area contributed by atoms with E-state index in [1.54, 1.807) is 32.9 Å². The molecule has 0 bridgehead atoms. The van der Waals surface area contributed by atoms with Crippen molar-refractivity contribution in [3.05, 3.63) is 59.9 Å². The van der Waals surface area contributed by atoms with E-state index in [1.807, 2.05) is 38.6 Å². The molecule has 1 heterocycles. The highest BCUT2D eigenvalue weighted by Crippen LogP contribution is 2.53. The van der Waals surface area contributed by atoms with Crippen LogP contribution in [0.1, 0.15) is 55.5 Å². The summed E-state index contributed by atoms with van der Waals surface area (Å²) in [6.07, 6.45) is 4.49. The highest BCUT2D eigenvalue weighted by atomic mass is 16.6. The summed E-state index contributed by atoms with van der Waals surface area (Å²) in [5, 5.41) is 0. The van der Waals surface area contributed by atoms with Crippen molar-refractivity contribution < 1.29 is 33.2 Å². The molecule has 2 aromatic rings. The lowest BCUT2D eigenvalue weighted by Gasteiger charge is -2.45. The predicted octanol–water partition coefficient (Wildman–Crippen LogP) is 1.86. The van der Waals surface area contributed by atoms with E-state index >= 15 is 0 Å². The molecule has 1 aromatic heterocycles. The van der Waals surface area contributed by atoms with E-state index < -0.39 is 24.6 Å². The molecule has 8 nitrogen and oxygen atoms in total. The fraction of sp³-hybridized carbons (Fsp3) is 0.481. The Balaban J connectivity index is 2.06. The van der Waals surface area contributed by atoms with Crippen molar-refractivity contribution in [2.24, 2.45) is 19.5 Å². The number of carbonyl (C=O) groups excluding carboxylic acids is 3. The Morgan fingerprint density at radius 2 is 1.64 bits per heavy atom. The molecule has 0 spiro atoms. The Labute approximate surface area is 213 Å². The Hall–Kier alpha value is -3.36. The average molecular weight is 496 g/mol. The lowest BCUT2D eigenvalue weighted by Crippen LogP contribution is -2.54. The van der Waals surface area contributed by atoms with Crippen LogP contribution in [0.25, 0.3) is 0 Å². The summed E-state index contributed by atoms with van der Waals surface area (Å²) < 4.78 is 20.1. The second kappa shape index (κ2) is 11.6. The van der Waals surface area contributed by atoms with Crippen molar-refractivity contribution in [1.82, 2.24) is 4.57 Å². The molecule has 1 fully saturated rings. The minimum Gasteiger partial charge on any atom is -0.465 e. The minimum atomic E-state index is -1.41. The van der Waals surface area contributed by atoms with Gasteiger partial charge in [0, 0.05) is 0 Å². The van der Waals surface area contributed by atoms with Crippen LogP contribution >= 0.6 is 0 Å². The van der Waals surface area contributed by atoms with Crippen LogP contribution in [0.5, 0.6) is 0 Å². The first-order chi connectivity index (χ1) is 17.2. The number of carbonyl (C=O) groups is 3. The van der Waals surface area contributed by atoms with Crippen molar-refractivity contribution in [2.75, 3.05) is 19.8 Å². The van der Waals surface area contributed by atoms with Gasteiger partial charge >= 0.3 is 17.9 Å². The maximum Gasteiger partial charge on any atom is 0.338 e. The minimum absolute atomic E-state index is 0.0201. The second-order valence-corrected chi connectivity index (χ2v) is 9.72. The summed E-state index contributed by atoms with van der Waals surface area (Å²) in [6, 6.07) is 7.37. The van der Waals surface area contributed by atoms with Crippen molar-refractivity contribution in [3.63, 3.8) is 0 Å². The molecule has 0 amide bonds. The van der Waals surface area contributed by atoms with Crippen molar-refractivity contribution >= 4 is 30.9 Å². The van der Waals surface area contributed by atoms with Crippen LogP contribution in [-0.2, 0) is 37.9 Å². The molecule has 0 radical (unpaired) electrons. The number of nitrogens with zero attached hydrogens (tertiary/aromatic N) is 2. The lowest BCUT2D eigenvalue weighted by molar-refractivity contribution is -0.653. The fourth-order valence-corrected chi connectivity index (χ4v) is 5.85. The molecule has 0 saturated heterocycles. The Morgan fingerprint density at radius 1 is 1.06 bits per heavy atom. The van der Waals surface area contributed by atoms with Gasteiger partial charge in [0.25, 0.3) is 0 Å². The van der Waals surface area contributed by atoms with E-state index in [-0.39, 0.29) is 37.3 Å². The predicted molar refractivity (Wildman–Crippen MR) is 138 cm³/mol. The molecule has 2 atom stereocenters. The first kappa shape index (κ1) is 27.2. The monoisotopic (exact) mass is 496 g/mol. The van der Waals surface area contributed by atoms with Gasteiger partial charge in [0.15, 0.2) is 5.41 Å². The zero-order chi connectivity index (χ0) is 26.5. The van der Waals surface area contributed by atoms with Gasteiger partial charge in [0.2, 0.25) is 0 Å². The van der Waals surface area contributed by atoms with Gasteiger partial charge in [-0.05, 0) is 50.8 Å². The number of hydrogen-bond donors (Lipinski definition) is 0. The van der Waals surface area contributed by atoms with Gasteiger partial charge in [-0.25, -0.2) is 4.79 Å². The number of aromatic nitrogens is 2. The summed E-state index contributed by atoms with van der Waals surface area (Å²) >= 11 is 0. The molecule has 1 aromatic carbocycles. The maximum atomic E-state index is 13.3. The molecular weight excluding hydrogens is 459 g/mol. The third kappa shape index (κ3) is 5.40. The van der Waals surface area contributed by atoms with Gasteiger partial charge in [0.05, 0.1) is 52.5 Å². The van der Waals surface area contributed by atoms with Gasteiger partial charge in [-0.2, -0.15) is 0 Å². The van der Waals surface area contributed by atoms with E-state index in [9.17, 15) is 14.4 Å². The van der Waals surface area contributed by atoms with Gasteiger partial charge in [-0.3, -0.25) is 18.7 Å². The fourth-order valence-electron chi connectivity index (χ4n) is 5.85. The number of ether oxygens (including phenoxy) is 3. The zero-order valence-corrected chi connectivity index (χ0v) is 22.2. The van der Waals surface area contributed by atoms with Crippen molar-refractivity contribution in [2.45, 2.75) is 45.3 Å². The number of allylic oxidation sites excluding steroid dienone is 1. The van der Waals surface area contributed by atoms with E-state index in [0.717, 1.165) is 11.1 Å². The normalized spacial score (nSPS) is 19.0. The van der Waals surface area contributed by atoms with Crippen molar-refractivity contribution in [3.8, 4) is 0 Å². The number of benzene rings is 1. The van der Waals surface area contributed by atoms with Crippen LogP contribution in [0.3, 0.4) is 0 Å². The summed E-state index contributed by atoms with van der Waals surface area (Å²) in [4.78, 5) is 38.7. The van der Waals surface area contributed by atoms with E-state index in [1.165, 1.54) is 5.72 Å². The first-order valence-corrected chi connectivity index (χ1v) is 12.8. The number of esters is 3. The molecule has 1 aliphatic carbocycles. The highest BCUT2D eigenvalue weighted by Gasteiger charge is 2.54. The van der Waals surface area contributed by atoms with Crippen LogP contribution in [0.15, 0.2) is 48.8 Å². The standard InChI is InChI=1S/C27H37BN2O6/c1-7-34-23(31)20-12-10-19(11-13-20)22-18(4)16-27(24(32)35-8-2,25(33)36-9-3)17-21(22)28-26-29(5)14-15-30(26)6/h10-15,21-22H,4,7-9,16-17,28H2,1-3,5-6H3/t21-,22+/m0/s1. The van der Waals surface area contributed by atoms with E-state index in [4.69, 9.17) is 14.2 Å². The summed E-state index contributed by atoms with van der Waals surface area (Å²) in [6.45, 7) is 10.3. The van der Waals surface area contributed by atoms with Gasteiger partial charge < -0.3 is 14.2 Å². The molecule has 0 N–H and O–H groups in total. The van der Waals surface area contributed by atoms with E-state index in [0.29, 0.717) is 18.6 Å². The van der Waals surface area contributed by atoms with Crippen LogP contribution in [0, 0.1) is 5.41 Å². The molecular formula is C27H37BN2O6. The molecule has 1 saturated carbocycles. The highest BCUT2D eigenvalue weighted by molar-refractivity contribution is 6.52. The molecule has 0 unspecified atom stereocenters. The molecule has 36 heavy (non-hydrogen) atoms. The Bertz CT molecular complexity index is 1090. The molecule has 1 aliphatic rings. The second-order valence-electron chi connectivity index (χ2n) is 9.72. The third-order valence-corrected chi connectivity index (χ3v) is 7.49. The zero-order valence-electron chi connectivity index (χ0n) is 22.2. The number of rotatable bonds is 9. The smallest absolute Gasteiger partial charge is 0.338 e. The van der Waals surface area contributed by atoms with Crippen molar-refractivity contribution in [1.29, 1.82) is 0 Å². The topological polar surface area (TPSA) is 87.7 Å². The average Bonchev–Trinajstić information content (AvgIpc) is 3.16.